The summed E-state index contributed by atoms with van der Waals surface area (Å²) in [6, 6.07) is 0. The number of rotatable bonds is 0. The standard InChI is InChI=1S/C7H7N2O/c1-2-6-7(10-5-1)9-4-3-8-6/h3H,1-2,5H2. The van der Waals surface area contributed by atoms with Gasteiger partial charge >= 0.3 is 0 Å². The van der Waals surface area contributed by atoms with Gasteiger partial charge in [0.05, 0.1) is 12.8 Å². The molecule has 0 atom stereocenters. The van der Waals surface area contributed by atoms with Crippen LogP contribution in [0.3, 0.4) is 0 Å². The van der Waals surface area contributed by atoms with Crippen LogP contribution in [0.5, 0.6) is 5.88 Å². The van der Waals surface area contributed by atoms with Gasteiger partial charge in [0.1, 0.15) is 11.9 Å². The van der Waals surface area contributed by atoms with E-state index < -0.39 is 0 Å². The van der Waals surface area contributed by atoms with Gasteiger partial charge in [-0.3, -0.25) is 4.98 Å². The Hall–Kier alpha value is -1.12. The monoisotopic (exact) mass is 135 g/mol. The molecule has 0 unspecified atom stereocenters. The minimum atomic E-state index is 0.661. The maximum Gasteiger partial charge on any atom is 0.236 e. The van der Waals surface area contributed by atoms with Crippen LogP contribution in [0.4, 0.5) is 0 Å². The van der Waals surface area contributed by atoms with E-state index in [-0.39, 0.29) is 0 Å². The van der Waals surface area contributed by atoms with Crippen LogP contribution in [-0.2, 0) is 6.42 Å². The van der Waals surface area contributed by atoms with Crippen molar-refractivity contribution in [2.45, 2.75) is 12.8 Å². The number of nitrogens with zero attached hydrogens (tertiary/aromatic N) is 2. The molecule has 51 valence electrons. The number of hydrogen-bond donors (Lipinski definition) is 0. The first-order chi connectivity index (χ1) is 4.97. The van der Waals surface area contributed by atoms with Gasteiger partial charge in [-0.25, -0.2) is 4.98 Å². The molecule has 0 amide bonds. The third kappa shape index (κ3) is 0.835. The molecule has 0 bridgehead atoms. The predicted octanol–water partition coefficient (Wildman–Crippen LogP) is 0.602. The smallest absolute Gasteiger partial charge is 0.236 e. The van der Waals surface area contributed by atoms with E-state index in [9.17, 15) is 0 Å². The highest BCUT2D eigenvalue weighted by atomic mass is 16.5. The van der Waals surface area contributed by atoms with Gasteiger partial charge in [-0.15, -0.1) is 0 Å². The highest BCUT2D eigenvalue weighted by molar-refractivity contribution is 5.18. The Morgan fingerprint density at radius 1 is 1.60 bits per heavy atom. The number of aromatic nitrogens is 2. The summed E-state index contributed by atoms with van der Waals surface area (Å²) in [6.45, 7) is 0.763. The Labute approximate surface area is 59.1 Å². The fraction of sp³-hybridized carbons (Fsp3) is 0.429. The summed E-state index contributed by atoms with van der Waals surface area (Å²) < 4.78 is 5.22. The third-order valence-electron chi connectivity index (χ3n) is 1.49. The topological polar surface area (TPSA) is 35.0 Å². The molecule has 2 rings (SSSR count). The van der Waals surface area contributed by atoms with Gasteiger partial charge in [0, 0.05) is 0 Å². The summed E-state index contributed by atoms with van der Waals surface area (Å²) in [6.07, 6.45) is 6.24. The number of aryl methyl sites for hydroxylation is 1. The van der Waals surface area contributed by atoms with Crippen LogP contribution >= 0.6 is 0 Å². The van der Waals surface area contributed by atoms with E-state index in [1.54, 1.807) is 6.20 Å². The lowest BCUT2D eigenvalue weighted by Gasteiger charge is -2.12. The Balaban J connectivity index is 2.41. The molecule has 0 saturated carbocycles. The fourth-order valence-electron chi connectivity index (χ4n) is 1.01. The van der Waals surface area contributed by atoms with E-state index in [2.05, 4.69) is 16.2 Å². The van der Waals surface area contributed by atoms with Crippen molar-refractivity contribution in [2.24, 2.45) is 0 Å². The summed E-state index contributed by atoms with van der Waals surface area (Å²) in [7, 11) is 0. The van der Waals surface area contributed by atoms with Crippen LogP contribution in [0.2, 0.25) is 0 Å². The second-order valence-electron chi connectivity index (χ2n) is 2.20. The number of fused-ring (bicyclic) bond motifs is 1. The Kier molecular flexibility index (Phi) is 1.27. The fourth-order valence-corrected chi connectivity index (χ4v) is 1.01. The molecule has 3 heteroatoms. The lowest BCUT2D eigenvalue weighted by molar-refractivity contribution is 0.272. The highest BCUT2D eigenvalue weighted by Crippen LogP contribution is 2.17. The Bertz CT molecular complexity index is 212. The van der Waals surface area contributed by atoms with Crippen molar-refractivity contribution in [1.82, 2.24) is 9.97 Å². The maximum atomic E-state index is 5.22. The van der Waals surface area contributed by atoms with E-state index >= 15 is 0 Å². The van der Waals surface area contributed by atoms with E-state index in [4.69, 9.17) is 4.74 Å². The number of hydrogen-bond acceptors (Lipinski definition) is 3. The number of ether oxygens (including phenoxy) is 1. The minimum Gasteiger partial charge on any atom is -0.476 e. The third-order valence-corrected chi connectivity index (χ3v) is 1.49. The molecule has 2 heterocycles. The first-order valence-corrected chi connectivity index (χ1v) is 3.31. The first kappa shape index (κ1) is 5.65. The van der Waals surface area contributed by atoms with Crippen molar-refractivity contribution in [2.75, 3.05) is 6.61 Å². The van der Waals surface area contributed by atoms with E-state index in [1.807, 2.05) is 0 Å². The summed E-state index contributed by atoms with van der Waals surface area (Å²) in [4.78, 5) is 7.99. The van der Waals surface area contributed by atoms with Crippen molar-refractivity contribution in [1.29, 1.82) is 0 Å². The molecule has 0 N–H and O–H groups in total. The van der Waals surface area contributed by atoms with Gasteiger partial charge in [0.2, 0.25) is 5.88 Å². The molecule has 1 aliphatic rings. The van der Waals surface area contributed by atoms with Crippen LogP contribution < -0.4 is 4.74 Å². The Morgan fingerprint density at radius 3 is 3.50 bits per heavy atom. The van der Waals surface area contributed by atoms with Crippen LogP contribution in [0.15, 0.2) is 6.20 Å². The first-order valence-electron chi connectivity index (χ1n) is 3.31. The average molecular weight is 135 g/mol. The molecule has 1 radical (unpaired) electrons. The van der Waals surface area contributed by atoms with Crippen molar-refractivity contribution in [3.05, 3.63) is 18.1 Å². The molecule has 1 aromatic rings. The molecule has 0 fully saturated rings. The molecule has 1 aliphatic heterocycles. The van der Waals surface area contributed by atoms with E-state index in [0.29, 0.717) is 5.88 Å². The predicted molar refractivity (Wildman–Crippen MR) is 34.7 cm³/mol. The quantitative estimate of drug-likeness (QED) is 0.522. The van der Waals surface area contributed by atoms with Crippen molar-refractivity contribution >= 4 is 0 Å². The van der Waals surface area contributed by atoms with Crippen molar-refractivity contribution < 1.29 is 4.74 Å². The summed E-state index contributed by atoms with van der Waals surface area (Å²) in [5.74, 6) is 0.661. The molecular weight excluding hydrogens is 128 g/mol. The summed E-state index contributed by atoms with van der Waals surface area (Å²) in [5.41, 5.74) is 0.963. The molecule has 0 spiro atoms. The SMILES string of the molecule is [c]1cnc2c(n1)OCCC2. The highest BCUT2D eigenvalue weighted by Gasteiger charge is 2.10. The minimum absolute atomic E-state index is 0.661. The molecular formula is C7H7N2O. The Morgan fingerprint density at radius 2 is 2.60 bits per heavy atom. The van der Waals surface area contributed by atoms with Crippen LogP contribution in [-0.4, -0.2) is 16.6 Å². The van der Waals surface area contributed by atoms with Crippen LogP contribution in [0.25, 0.3) is 0 Å². The zero-order chi connectivity index (χ0) is 6.81. The second kappa shape index (κ2) is 2.25. The zero-order valence-corrected chi connectivity index (χ0v) is 5.50. The van der Waals surface area contributed by atoms with Crippen LogP contribution in [0, 0.1) is 6.20 Å². The van der Waals surface area contributed by atoms with E-state index in [0.717, 1.165) is 25.1 Å². The lowest BCUT2D eigenvalue weighted by Crippen LogP contribution is -2.10. The van der Waals surface area contributed by atoms with Gasteiger partial charge in [0.15, 0.2) is 0 Å². The van der Waals surface area contributed by atoms with Crippen LogP contribution in [0.1, 0.15) is 12.1 Å². The largest absolute Gasteiger partial charge is 0.476 e. The molecule has 1 aromatic heterocycles. The molecule has 10 heavy (non-hydrogen) atoms. The molecule has 0 aromatic carbocycles. The second-order valence-corrected chi connectivity index (χ2v) is 2.20. The molecule has 3 nitrogen and oxygen atoms in total. The summed E-state index contributed by atoms with van der Waals surface area (Å²) in [5, 5.41) is 0. The van der Waals surface area contributed by atoms with Crippen molar-refractivity contribution in [3.63, 3.8) is 0 Å². The normalized spacial score (nSPS) is 15.6. The lowest BCUT2D eigenvalue weighted by atomic mass is 10.2. The molecule has 0 aliphatic carbocycles. The van der Waals surface area contributed by atoms with Crippen molar-refractivity contribution in [3.8, 4) is 5.88 Å². The molecule has 0 saturated heterocycles. The zero-order valence-electron chi connectivity index (χ0n) is 5.50. The van der Waals surface area contributed by atoms with Gasteiger partial charge in [0.25, 0.3) is 0 Å². The van der Waals surface area contributed by atoms with Gasteiger partial charge in [-0.2, -0.15) is 0 Å². The average Bonchev–Trinajstić information content (AvgIpc) is 2.05. The van der Waals surface area contributed by atoms with Gasteiger partial charge in [-0.1, -0.05) is 0 Å². The van der Waals surface area contributed by atoms with E-state index in [1.165, 1.54) is 0 Å². The maximum absolute atomic E-state index is 5.22. The summed E-state index contributed by atoms with van der Waals surface area (Å²) >= 11 is 0. The van der Waals surface area contributed by atoms with Gasteiger partial charge < -0.3 is 4.74 Å². The van der Waals surface area contributed by atoms with Gasteiger partial charge in [-0.05, 0) is 12.8 Å².